The van der Waals surface area contributed by atoms with Gasteiger partial charge in [-0.15, -0.1) is 0 Å². The van der Waals surface area contributed by atoms with Crippen molar-refractivity contribution in [2.75, 3.05) is 0 Å². The predicted octanol–water partition coefficient (Wildman–Crippen LogP) is -0.344. The molecule has 1 atom stereocenters. The van der Waals surface area contributed by atoms with Crippen molar-refractivity contribution in [1.82, 2.24) is 0 Å². The number of hydrogen-bond acceptors (Lipinski definition) is 2. The molecule has 4 nitrogen and oxygen atoms in total. The third-order valence-corrected chi connectivity index (χ3v) is 1.21. The first-order chi connectivity index (χ1) is 4.54. The van der Waals surface area contributed by atoms with Crippen LogP contribution in [0.5, 0.6) is 0 Å². The maximum atomic E-state index is 10.1. The van der Waals surface area contributed by atoms with Gasteiger partial charge >= 0.3 is 35.0 Å². The Morgan fingerprint density at radius 2 is 1.82 bits per heavy atom. The van der Waals surface area contributed by atoms with Crippen LogP contribution in [-0.2, 0) is 9.59 Å². The van der Waals surface area contributed by atoms with E-state index in [2.05, 4.69) is 0 Å². The Morgan fingerprint density at radius 1 is 1.36 bits per heavy atom. The Morgan fingerprint density at radius 3 is 2.09 bits per heavy atom. The summed E-state index contributed by atoms with van der Waals surface area (Å²) >= 11 is 0. The fourth-order valence-corrected chi connectivity index (χ4v) is 0.463. The molecule has 0 saturated heterocycles. The molecular weight excluding hydrogens is 160 g/mol. The summed E-state index contributed by atoms with van der Waals surface area (Å²) in [6, 6.07) is 0. The van der Waals surface area contributed by atoms with E-state index in [0.29, 0.717) is 0 Å². The van der Waals surface area contributed by atoms with Crippen LogP contribution in [0, 0.1) is 5.92 Å². The van der Waals surface area contributed by atoms with E-state index < -0.39 is 17.9 Å². The largest absolute Gasteiger partial charge is 0.481 e. The van der Waals surface area contributed by atoms with Crippen LogP contribution in [0.4, 0.5) is 0 Å². The molecular formula is C6H12MgO4. The average Bonchev–Trinajstić information content (AvgIpc) is 1.82. The quantitative estimate of drug-likeness (QED) is 0.569. The monoisotopic (exact) mass is 172 g/mol. The molecule has 2 N–H and O–H groups in total. The van der Waals surface area contributed by atoms with Gasteiger partial charge in [-0.1, -0.05) is 6.92 Å². The Kier molecular flexibility index (Phi) is 7.76. The molecule has 11 heavy (non-hydrogen) atoms. The van der Waals surface area contributed by atoms with Crippen LogP contribution in [0.15, 0.2) is 0 Å². The molecule has 0 aliphatic rings. The van der Waals surface area contributed by atoms with Gasteiger partial charge in [0.1, 0.15) is 0 Å². The van der Waals surface area contributed by atoms with E-state index in [-0.39, 0.29) is 35.9 Å². The lowest BCUT2D eigenvalue weighted by Gasteiger charge is -2.01. The first-order valence-corrected chi connectivity index (χ1v) is 2.98. The van der Waals surface area contributed by atoms with Gasteiger partial charge in [0.2, 0.25) is 0 Å². The molecule has 0 aromatic heterocycles. The molecule has 0 heterocycles. The van der Waals surface area contributed by atoms with E-state index in [9.17, 15) is 9.59 Å². The molecule has 0 aliphatic carbocycles. The molecule has 62 valence electrons. The second kappa shape index (κ2) is 6.42. The maximum Gasteiger partial charge on any atom is 0.316 e. The summed E-state index contributed by atoms with van der Waals surface area (Å²) in [6.45, 7) is 1.49. The van der Waals surface area contributed by atoms with Crippen molar-refractivity contribution in [2.24, 2.45) is 5.92 Å². The zero-order valence-electron chi connectivity index (χ0n) is 5.70. The molecule has 0 saturated carbocycles. The van der Waals surface area contributed by atoms with Gasteiger partial charge in [-0.25, -0.2) is 0 Å². The van der Waals surface area contributed by atoms with Crippen LogP contribution in [0.1, 0.15) is 19.8 Å². The van der Waals surface area contributed by atoms with E-state index in [1.807, 2.05) is 0 Å². The van der Waals surface area contributed by atoms with Gasteiger partial charge in [0.05, 0.1) is 5.92 Å². The molecule has 0 aliphatic heterocycles. The predicted molar refractivity (Wildman–Crippen MR) is 42.2 cm³/mol. The molecule has 5 heteroatoms. The molecule has 1 unspecified atom stereocenters. The minimum Gasteiger partial charge on any atom is -0.481 e. The summed E-state index contributed by atoms with van der Waals surface area (Å²) in [4.78, 5) is 20.1. The van der Waals surface area contributed by atoms with Crippen molar-refractivity contribution in [3.8, 4) is 0 Å². The minimum atomic E-state index is -0.951. The zero-order valence-corrected chi connectivity index (χ0v) is 5.70. The van der Waals surface area contributed by atoms with E-state index in [0.717, 1.165) is 0 Å². The highest BCUT2D eigenvalue weighted by molar-refractivity contribution is 5.75. The fourth-order valence-electron chi connectivity index (χ4n) is 0.463. The fraction of sp³-hybridized carbons (Fsp3) is 0.667. The second-order valence-corrected chi connectivity index (χ2v) is 2.17. The van der Waals surface area contributed by atoms with E-state index in [1.165, 1.54) is 6.92 Å². The summed E-state index contributed by atoms with van der Waals surface area (Å²) in [6.07, 6.45) is 0.123. The Balaban J connectivity index is 0. The van der Waals surface area contributed by atoms with Crippen molar-refractivity contribution in [3.05, 3.63) is 0 Å². The summed E-state index contributed by atoms with van der Waals surface area (Å²) in [5, 5.41) is 16.5. The molecule has 0 aromatic rings. The topological polar surface area (TPSA) is 74.6 Å². The Labute approximate surface area is 80.7 Å². The summed E-state index contributed by atoms with van der Waals surface area (Å²) in [7, 11) is 0. The number of aliphatic carboxylic acids is 2. The number of carbonyl (C=O) groups is 2. The molecule has 0 bridgehead atoms. The molecule has 0 rings (SSSR count). The molecule has 0 fully saturated rings. The summed E-state index contributed by atoms with van der Waals surface area (Å²) in [5.41, 5.74) is 0. The molecule has 0 spiro atoms. The van der Waals surface area contributed by atoms with Gasteiger partial charge in [-0.2, -0.15) is 0 Å². The third kappa shape index (κ3) is 7.60. The summed E-state index contributed by atoms with van der Waals surface area (Å²) in [5.74, 6) is -2.45. The first-order valence-electron chi connectivity index (χ1n) is 2.98. The average molecular weight is 172 g/mol. The second-order valence-electron chi connectivity index (χ2n) is 2.17. The standard InChI is InChI=1S/C6H10O4.Mg.2H/c1-4(6(9)10)2-3-5(7)8;;;/h4H,2-3H2,1H3,(H,7,8)(H,9,10);;;. The van der Waals surface area contributed by atoms with E-state index >= 15 is 0 Å². The van der Waals surface area contributed by atoms with E-state index in [4.69, 9.17) is 10.2 Å². The van der Waals surface area contributed by atoms with Gasteiger partial charge in [0.15, 0.2) is 0 Å². The maximum absolute atomic E-state index is 10.1. The number of hydrogen-bond donors (Lipinski definition) is 2. The van der Waals surface area contributed by atoms with Crippen LogP contribution < -0.4 is 0 Å². The zero-order chi connectivity index (χ0) is 8.15. The van der Waals surface area contributed by atoms with Crippen molar-refractivity contribution >= 4 is 35.0 Å². The van der Waals surface area contributed by atoms with Gasteiger partial charge < -0.3 is 10.2 Å². The van der Waals surface area contributed by atoms with Crippen LogP contribution in [0.2, 0.25) is 0 Å². The number of carboxylic acid groups (broad SMARTS) is 2. The van der Waals surface area contributed by atoms with Gasteiger partial charge in [-0.05, 0) is 6.42 Å². The normalized spacial score (nSPS) is 11.4. The SMILES string of the molecule is CC(CCC(=O)O)C(=O)O.[MgH2]. The first kappa shape index (κ1) is 13.3. The summed E-state index contributed by atoms with van der Waals surface area (Å²) < 4.78 is 0. The van der Waals surface area contributed by atoms with Gasteiger partial charge in [0, 0.05) is 6.42 Å². The lowest BCUT2D eigenvalue weighted by atomic mass is 10.1. The van der Waals surface area contributed by atoms with Gasteiger partial charge in [0.25, 0.3) is 0 Å². The highest BCUT2D eigenvalue weighted by Gasteiger charge is 2.11. The van der Waals surface area contributed by atoms with Crippen molar-refractivity contribution < 1.29 is 19.8 Å². The highest BCUT2D eigenvalue weighted by Crippen LogP contribution is 2.04. The Bertz CT molecular complexity index is 146. The van der Waals surface area contributed by atoms with Crippen LogP contribution in [0.3, 0.4) is 0 Å². The Hall–Kier alpha value is -0.294. The van der Waals surface area contributed by atoms with Crippen LogP contribution in [0.25, 0.3) is 0 Å². The van der Waals surface area contributed by atoms with Crippen LogP contribution in [-0.4, -0.2) is 45.2 Å². The van der Waals surface area contributed by atoms with Gasteiger partial charge in [-0.3, -0.25) is 9.59 Å². The number of rotatable bonds is 4. The number of carboxylic acids is 2. The third-order valence-electron chi connectivity index (χ3n) is 1.21. The smallest absolute Gasteiger partial charge is 0.316 e. The molecule has 0 amide bonds. The highest BCUT2D eigenvalue weighted by atomic mass is 24.3. The van der Waals surface area contributed by atoms with E-state index in [1.54, 1.807) is 0 Å². The lowest BCUT2D eigenvalue weighted by Crippen LogP contribution is -2.11. The van der Waals surface area contributed by atoms with Crippen molar-refractivity contribution in [2.45, 2.75) is 19.8 Å². The minimum absolute atomic E-state index is 0. The van der Waals surface area contributed by atoms with Crippen molar-refractivity contribution in [3.63, 3.8) is 0 Å². The molecule has 0 radical (unpaired) electrons. The van der Waals surface area contributed by atoms with Crippen LogP contribution >= 0.6 is 0 Å². The van der Waals surface area contributed by atoms with Crippen molar-refractivity contribution in [1.29, 1.82) is 0 Å². The lowest BCUT2D eigenvalue weighted by molar-refractivity contribution is -0.142. The molecule has 0 aromatic carbocycles.